The molecule has 8 heteroatoms. The van der Waals surface area contributed by atoms with E-state index < -0.39 is 22.5 Å². The Balaban J connectivity index is 2.38. The van der Waals surface area contributed by atoms with Gasteiger partial charge in [0.05, 0.1) is 0 Å². The molecule has 1 aromatic heterocycles. The van der Waals surface area contributed by atoms with Gasteiger partial charge in [0, 0.05) is 19.3 Å². The van der Waals surface area contributed by atoms with Gasteiger partial charge in [-0.15, -0.1) is 0 Å². The quantitative estimate of drug-likeness (QED) is 0.826. The molecule has 0 atom stereocenters. The van der Waals surface area contributed by atoms with Crippen LogP contribution in [0.1, 0.15) is 18.3 Å². The average molecular weight is 337 g/mol. The van der Waals surface area contributed by atoms with Gasteiger partial charge in [-0.1, -0.05) is 30.3 Å². The predicted octanol–water partition coefficient (Wildman–Crippen LogP) is 1.49. The molecule has 0 aliphatic heterocycles. The number of carboxylic acids is 1. The van der Waals surface area contributed by atoms with Crippen molar-refractivity contribution in [3.05, 3.63) is 47.9 Å². The predicted molar refractivity (Wildman–Crippen MR) is 84.3 cm³/mol. The number of sulfonamides is 1. The summed E-state index contributed by atoms with van der Waals surface area (Å²) in [6, 6.07) is 8.86. The van der Waals surface area contributed by atoms with Gasteiger partial charge in [-0.25, -0.2) is 13.4 Å². The molecule has 0 saturated heterocycles. The van der Waals surface area contributed by atoms with Crippen LogP contribution in [-0.4, -0.2) is 39.9 Å². The molecule has 0 bridgehead atoms. The topological polar surface area (TPSA) is 92.5 Å². The van der Waals surface area contributed by atoms with Gasteiger partial charge in [0.25, 0.3) is 10.0 Å². The highest BCUT2D eigenvalue weighted by molar-refractivity contribution is 7.89. The molecule has 1 N–H and O–H groups in total. The second-order valence-electron chi connectivity index (χ2n) is 5.06. The lowest BCUT2D eigenvalue weighted by molar-refractivity contribution is -0.137. The number of aromatic nitrogens is 2. The summed E-state index contributed by atoms with van der Waals surface area (Å²) in [5.41, 5.74) is 0.712. The van der Waals surface area contributed by atoms with Crippen LogP contribution in [0.5, 0.6) is 0 Å². The number of nitrogens with zero attached hydrogens (tertiary/aromatic N) is 3. The fourth-order valence-electron chi connectivity index (χ4n) is 2.22. The highest BCUT2D eigenvalue weighted by Gasteiger charge is 2.29. The largest absolute Gasteiger partial charge is 0.480 e. The van der Waals surface area contributed by atoms with Crippen molar-refractivity contribution in [3.8, 4) is 0 Å². The maximum Gasteiger partial charge on any atom is 0.318 e. The van der Waals surface area contributed by atoms with Gasteiger partial charge >= 0.3 is 5.97 Å². The van der Waals surface area contributed by atoms with E-state index >= 15 is 0 Å². The number of benzene rings is 1. The Morgan fingerprint density at radius 3 is 2.48 bits per heavy atom. The van der Waals surface area contributed by atoms with Crippen LogP contribution >= 0.6 is 0 Å². The van der Waals surface area contributed by atoms with Crippen molar-refractivity contribution in [2.24, 2.45) is 0 Å². The van der Waals surface area contributed by atoms with Gasteiger partial charge in [-0.3, -0.25) is 4.79 Å². The first kappa shape index (κ1) is 17.2. The normalized spacial score (nSPS) is 11.8. The van der Waals surface area contributed by atoms with Crippen molar-refractivity contribution in [1.82, 2.24) is 13.9 Å². The SMILES string of the molecule is CCn1cc(S(=O)(=O)N(CC(=O)O)Cc2ccccc2)nc1C. The Hall–Kier alpha value is -2.19. The number of hydrogen-bond acceptors (Lipinski definition) is 4. The van der Waals surface area contributed by atoms with Gasteiger partial charge in [0.2, 0.25) is 0 Å². The summed E-state index contributed by atoms with van der Waals surface area (Å²) in [4.78, 5) is 15.1. The van der Waals surface area contributed by atoms with Gasteiger partial charge < -0.3 is 9.67 Å². The number of carbonyl (C=O) groups is 1. The summed E-state index contributed by atoms with van der Waals surface area (Å²) in [5, 5.41) is 8.92. The zero-order valence-electron chi connectivity index (χ0n) is 13.0. The first-order chi connectivity index (χ1) is 10.8. The van der Waals surface area contributed by atoms with Gasteiger partial charge in [-0.2, -0.15) is 4.31 Å². The average Bonchev–Trinajstić information content (AvgIpc) is 2.89. The monoisotopic (exact) mass is 337 g/mol. The van der Waals surface area contributed by atoms with Crippen LogP contribution in [0.25, 0.3) is 0 Å². The first-order valence-corrected chi connectivity index (χ1v) is 8.58. The maximum absolute atomic E-state index is 12.7. The molecule has 124 valence electrons. The molecule has 7 nitrogen and oxygen atoms in total. The van der Waals surface area contributed by atoms with Crippen LogP contribution in [0.2, 0.25) is 0 Å². The van der Waals surface area contributed by atoms with Crippen molar-refractivity contribution in [3.63, 3.8) is 0 Å². The second-order valence-corrected chi connectivity index (χ2v) is 6.95. The van der Waals surface area contributed by atoms with Gasteiger partial charge in [-0.05, 0) is 19.4 Å². The Labute approximate surface area is 135 Å². The van der Waals surface area contributed by atoms with Crippen LogP contribution in [-0.2, 0) is 27.9 Å². The Morgan fingerprint density at radius 2 is 1.96 bits per heavy atom. The van der Waals surface area contributed by atoms with E-state index in [1.807, 2.05) is 13.0 Å². The molecule has 0 amide bonds. The molecule has 0 unspecified atom stereocenters. The summed E-state index contributed by atoms with van der Waals surface area (Å²) < 4.78 is 28.1. The summed E-state index contributed by atoms with van der Waals surface area (Å²) >= 11 is 0. The Morgan fingerprint density at radius 1 is 1.30 bits per heavy atom. The lowest BCUT2D eigenvalue weighted by atomic mass is 10.2. The number of aryl methyl sites for hydroxylation is 2. The highest BCUT2D eigenvalue weighted by Crippen LogP contribution is 2.18. The van der Waals surface area contributed by atoms with E-state index in [-0.39, 0.29) is 11.6 Å². The van der Waals surface area contributed by atoms with Crippen molar-refractivity contribution in [2.45, 2.75) is 32.0 Å². The summed E-state index contributed by atoms with van der Waals surface area (Å²) in [7, 11) is -3.99. The molecule has 0 spiro atoms. The smallest absolute Gasteiger partial charge is 0.318 e. The zero-order valence-corrected chi connectivity index (χ0v) is 13.8. The summed E-state index contributed by atoms with van der Waals surface area (Å²) in [5.74, 6) is -0.641. The number of imidazole rings is 1. The lowest BCUT2D eigenvalue weighted by Gasteiger charge is -2.19. The maximum atomic E-state index is 12.7. The minimum absolute atomic E-state index is 0.0203. The Kier molecular flexibility index (Phi) is 5.17. The second kappa shape index (κ2) is 6.93. The summed E-state index contributed by atoms with van der Waals surface area (Å²) in [6.07, 6.45) is 1.44. The van der Waals surface area contributed by atoms with Crippen LogP contribution in [0.15, 0.2) is 41.6 Å². The van der Waals surface area contributed by atoms with E-state index in [2.05, 4.69) is 4.98 Å². The van der Waals surface area contributed by atoms with E-state index in [9.17, 15) is 13.2 Å². The van der Waals surface area contributed by atoms with E-state index in [0.717, 1.165) is 4.31 Å². The fraction of sp³-hybridized carbons (Fsp3) is 0.333. The molecular formula is C15H19N3O4S. The third kappa shape index (κ3) is 3.96. The van der Waals surface area contributed by atoms with Crippen LogP contribution < -0.4 is 0 Å². The van der Waals surface area contributed by atoms with E-state index in [1.165, 1.54) is 6.20 Å². The number of hydrogen-bond donors (Lipinski definition) is 1. The van der Waals surface area contributed by atoms with E-state index in [1.54, 1.807) is 35.8 Å². The highest BCUT2D eigenvalue weighted by atomic mass is 32.2. The van der Waals surface area contributed by atoms with Gasteiger partial charge in [0.15, 0.2) is 5.03 Å². The molecule has 2 rings (SSSR count). The zero-order chi connectivity index (χ0) is 17.0. The molecule has 0 aliphatic rings. The van der Waals surface area contributed by atoms with E-state index in [0.29, 0.717) is 17.9 Å². The summed E-state index contributed by atoms with van der Waals surface area (Å²) in [6.45, 7) is 3.54. The van der Waals surface area contributed by atoms with Crippen molar-refractivity contribution in [2.75, 3.05) is 6.54 Å². The van der Waals surface area contributed by atoms with Crippen LogP contribution in [0, 0.1) is 6.92 Å². The molecule has 0 aliphatic carbocycles. The lowest BCUT2D eigenvalue weighted by Crippen LogP contribution is -2.35. The molecule has 1 heterocycles. The van der Waals surface area contributed by atoms with Crippen LogP contribution in [0.3, 0.4) is 0 Å². The van der Waals surface area contributed by atoms with Crippen molar-refractivity contribution in [1.29, 1.82) is 0 Å². The first-order valence-electron chi connectivity index (χ1n) is 7.14. The molecule has 0 saturated carbocycles. The fourth-order valence-corrected chi connectivity index (χ4v) is 3.59. The van der Waals surface area contributed by atoms with Crippen LogP contribution in [0.4, 0.5) is 0 Å². The third-order valence-corrected chi connectivity index (χ3v) is 5.08. The minimum atomic E-state index is -3.99. The van der Waals surface area contributed by atoms with Crippen molar-refractivity contribution < 1.29 is 18.3 Å². The number of rotatable bonds is 7. The van der Waals surface area contributed by atoms with E-state index in [4.69, 9.17) is 5.11 Å². The third-order valence-electron chi connectivity index (χ3n) is 3.41. The Bertz CT molecular complexity index is 784. The molecule has 1 aromatic carbocycles. The van der Waals surface area contributed by atoms with Gasteiger partial charge in [0.1, 0.15) is 12.4 Å². The molecule has 0 radical (unpaired) electrons. The number of aliphatic carboxylic acids is 1. The van der Waals surface area contributed by atoms with Crippen molar-refractivity contribution >= 4 is 16.0 Å². The molecular weight excluding hydrogens is 318 g/mol. The minimum Gasteiger partial charge on any atom is -0.480 e. The molecule has 2 aromatic rings. The standard InChI is InChI=1S/C15H19N3O4S/c1-3-17-10-14(16-12(17)2)23(21,22)18(11-15(19)20)9-13-7-5-4-6-8-13/h4-8,10H,3,9,11H2,1-2H3,(H,19,20). The molecule has 23 heavy (non-hydrogen) atoms. The number of carboxylic acid groups (broad SMARTS) is 1. The molecule has 0 fully saturated rings.